The molecule has 146 valence electrons. The predicted molar refractivity (Wildman–Crippen MR) is 114 cm³/mol. The van der Waals surface area contributed by atoms with Gasteiger partial charge in [-0.2, -0.15) is 0 Å². The number of amides is 2. The number of rotatable bonds is 5. The Kier molecular flexibility index (Phi) is 4.60. The second-order valence-corrected chi connectivity index (χ2v) is 6.81. The fourth-order valence-electron chi connectivity index (χ4n) is 3.73. The second kappa shape index (κ2) is 7.25. The van der Waals surface area contributed by atoms with Crippen molar-refractivity contribution < 1.29 is 19.2 Å². The Balaban J connectivity index is 2.25. The third kappa shape index (κ3) is 3.00. The molecule has 0 bridgehead atoms. The lowest BCUT2D eigenvalue weighted by atomic mass is 9.84. The van der Waals surface area contributed by atoms with Crippen LogP contribution in [0, 0.1) is 0 Å². The van der Waals surface area contributed by atoms with E-state index in [2.05, 4.69) is 0 Å². The van der Waals surface area contributed by atoms with Gasteiger partial charge in [-0.05, 0) is 33.7 Å². The first kappa shape index (κ1) is 19.0. The van der Waals surface area contributed by atoms with E-state index >= 15 is 0 Å². The zero-order valence-electron chi connectivity index (χ0n) is 15.7. The molecule has 0 aliphatic rings. The van der Waals surface area contributed by atoms with E-state index in [0.717, 1.165) is 10.8 Å². The lowest BCUT2D eigenvalue weighted by Gasteiger charge is -2.17. The van der Waals surface area contributed by atoms with Crippen molar-refractivity contribution in [3.63, 3.8) is 0 Å². The van der Waals surface area contributed by atoms with Crippen LogP contribution in [0.3, 0.4) is 0 Å². The van der Waals surface area contributed by atoms with E-state index in [1.54, 1.807) is 36.4 Å². The van der Waals surface area contributed by atoms with Crippen LogP contribution >= 0.6 is 0 Å². The fraction of sp³-hybridized carbons (Fsp3) is 0. The van der Waals surface area contributed by atoms with Crippen LogP contribution < -0.4 is 11.5 Å². The van der Waals surface area contributed by atoms with Gasteiger partial charge >= 0.3 is 0 Å². The predicted octanol–water partition coefficient (Wildman–Crippen LogP) is 3.00. The maximum absolute atomic E-state index is 12.7. The molecular weight excluding hydrogens is 380 g/mol. The van der Waals surface area contributed by atoms with E-state index in [-0.39, 0.29) is 11.1 Å². The van der Waals surface area contributed by atoms with Crippen molar-refractivity contribution in [1.29, 1.82) is 0 Å². The molecule has 0 aliphatic heterocycles. The minimum Gasteiger partial charge on any atom is -0.363 e. The summed E-state index contributed by atoms with van der Waals surface area (Å²) in [5.41, 5.74) is 11.4. The maximum Gasteiger partial charge on any atom is 0.289 e. The molecule has 0 atom stereocenters. The van der Waals surface area contributed by atoms with Crippen molar-refractivity contribution in [3.05, 3.63) is 83.9 Å². The summed E-state index contributed by atoms with van der Waals surface area (Å²) in [7, 11) is 0. The first-order chi connectivity index (χ1) is 14.4. The standard InChI is InChI=1S/C24H16N2O4/c25-23(29)21(27)17-11-9-13-5-1-3-7-15(13)19(17)20-16-8-4-2-6-14(16)10-12-18(20)22(28)24(26)30/h1-12H,(H2,25,29)(H2,26,30). The van der Waals surface area contributed by atoms with Crippen LogP contribution in [-0.4, -0.2) is 23.4 Å². The quantitative estimate of drug-likeness (QED) is 0.398. The first-order valence-corrected chi connectivity index (χ1v) is 9.12. The highest BCUT2D eigenvalue weighted by atomic mass is 16.2. The van der Waals surface area contributed by atoms with Crippen LogP contribution in [0.4, 0.5) is 0 Å². The molecule has 0 saturated heterocycles. The molecule has 4 aromatic carbocycles. The SMILES string of the molecule is NC(=O)C(=O)c1ccc2ccccc2c1-c1c(C(=O)C(N)=O)ccc2ccccc12. The van der Waals surface area contributed by atoms with E-state index in [4.69, 9.17) is 11.5 Å². The van der Waals surface area contributed by atoms with Gasteiger partial charge in [-0.25, -0.2) is 0 Å². The molecule has 4 aromatic rings. The van der Waals surface area contributed by atoms with Crippen molar-refractivity contribution in [2.24, 2.45) is 11.5 Å². The molecule has 0 spiro atoms. The minimum atomic E-state index is -1.12. The molecule has 0 heterocycles. The zero-order valence-corrected chi connectivity index (χ0v) is 15.7. The first-order valence-electron chi connectivity index (χ1n) is 9.12. The Morgan fingerprint density at radius 1 is 0.500 bits per heavy atom. The molecule has 6 nitrogen and oxygen atoms in total. The van der Waals surface area contributed by atoms with Gasteiger partial charge in [0.15, 0.2) is 0 Å². The number of benzene rings is 4. The van der Waals surface area contributed by atoms with Crippen LogP contribution in [0.25, 0.3) is 32.7 Å². The Bertz CT molecular complexity index is 1280. The number of hydrogen-bond donors (Lipinski definition) is 2. The molecule has 4 N–H and O–H groups in total. The number of hydrogen-bond acceptors (Lipinski definition) is 4. The maximum atomic E-state index is 12.7. The minimum absolute atomic E-state index is 0.0519. The molecule has 0 aliphatic carbocycles. The number of carbonyl (C=O) groups is 4. The van der Waals surface area contributed by atoms with Gasteiger partial charge in [-0.15, -0.1) is 0 Å². The molecule has 0 saturated carbocycles. The van der Waals surface area contributed by atoms with Crippen LogP contribution in [0.2, 0.25) is 0 Å². The summed E-state index contributed by atoms with van der Waals surface area (Å²) in [6.45, 7) is 0. The van der Waals surface area contributed by atoms with Crippen molar-refractivity contribution in [2.75, 3.05) is 0 Å². The molecule has 6 heteroatoms. The summed E-state index contributed by atoms with van der Waals surface area (Å²) < 4.78 is 0. The van der Waals surface area contributed by atoms with Gasteiger partial charge in [-0.1, -0.05) is 60.7 Å². The van der Waals surface area contributed by atoms with Gasteiger partial charge in [0.1, 0.15) is 0 Å². The summed E-state index contributed by atoms with van der Waals surface area (Å²) in [4.78, 5) is 48.8. The van der Waals surface area contributed by atoms with E-state index in [1.165, 1.54) is 12.1 Å². The van der Waals surface area contributed by atoms with E-state index in [9.17, 15) is 19.2 Å². The van der Waals surface area contributed by atoms with Crippen molar-refractivity contribution >= 4 is 44.9 Å². The second-order valence-electron chi connectivity index (χ2n) is 6.81. The number of primary amides is 2. The Hall–Kier alpha value is -4.32. The summed E-state index contributed by atoms with van der Waals surface area (Å²) in [5.74, 6) is -4.01. The van der Waals surface area contributed by atoms with Crippen LogP contribution in [0.1, 0.15) is 20.7 Å². The highest BCUT2D eigenvalue weighted by molar-refractivity contribution is 6.46. The molecule has 0 fully saturated rings. The Labute approximate surface area is 171 Å². The summed E-state index contributed by atoms with van der Waals surface area (Å²) in [6.07, 6.45) is 0. The topological polar surface area (TPSA) is 120 Å². The lowest BCUT2D eigenvalue weighted by molar-refractivity contribution is -0.114. The van der Waals surface area contributed by atoms with Gasteiger partial charge in [0.2, 0.25) is 0 Å². The average molecular weight is 396 g/mol. The normalized spacial score (nSPS) is 10.8. The molecule has 2 amide bonds. The molecule has 0 radical (unpaired) electrons. The summed E-state index contributed by atoms with van der Waals surface area (Å²) in [5, 5.41) is 2.86. The number of carbonyl (C=O) groups excluding carboxylic acids is 4. The summed E-state index contributed by atoms with van der Waals surface area (Å²) in [6, 6.07) is 20.9. The van der Waals surface area contributed by atoms with E-state index in [0.29, 0.717) is 21.9 Å². The van der Waals surface area contributed by atoms with E-state index in [1.807, 2.05) is 24.3 Å². The van der Waals surface area contributed by atoms with Crippen molar-refractivity contribution in [2.45, 2.75) is 0 Å². The Morgan fingerprint density at radius 3 is 1.23 bits per heavy atom. The number of ketones is 2. The summed E-state index contributed by atoms with van der Waals surface area (Å²) >= 11 is 0. The van der Waals surface area contributed by atoms with Crippen LogP contribution in [0.5, 0.6) is 0 Å². The highest BCUT2D eigenvalue weighted by Crippen LogP contribution is 2.39. The molecule has 0 aromatic heterocycles. The zero-order chi connectivity index (χ0) is 21.4. The van der Waals surface area contributed by atoms with Crippen LogP contribution in [-0.2, 0) is 9.59 Å². The average Bonchev–Trinajstić information content (AvgIpc) is 2.76. The molecule has 4 rings (SSSR count). The molecular formula is C24H16N2O4. The molecule has 0 unspecified atom stereocenters. The largest absolute Gasteiger partial charge is 0.363 e. The van der Waals surface area contributed by atoms with Crippen molar-refractivity contribution in [3.8, 4) is 11.1 Å². The number of fused-ring (bicyclic) bond motifs is 2. The highest BCUT2D eigenvalue weighted by Gasteiger charge is 2.26. The Morgan fingerprint density at radius 2 is 0.867 bits per heavy atom. The van der Waals surface area contributed by atoms with Gasteiger partial charge < -0.3 is 11.5 Å². The fourth-order valence-corrected chi connectivity index (χ4v) is 3.73. The molecule has 30 heavy (non-hydrogen) atoms. The number of Topliss-reactive ketones (excluding diaryl/α,β-unsaturated/α-hetero) is 2. The van der Waals surface area contributed by atoms with Gasteiger partial charge in [0, 0.05) is 22.3 Å². The lowest BCUT2D eigenvalue weighted by Crippen LogP contribution is -2.25. The van der Waals surface area contributed by atoms with Gasteiger partial charge in [0.05, 0.1) is 0 Å². The number of nitrogens with two attached hydrogens (primary N) is 2. The third-order valence-electron chi connectivity index (χ3n) is 5.04. The van der Waals surface area contributed by atoms with Crippen molar-refractivity contribution in [1.82, 2.24) is 0 Å². The monoisotopic (exact) mass is 396 g/mol. The van der Waals surface area contributed by atoms with E-state index < -0.39 is 23.4 Å². The van der Waals surface area contributed by atoms with Gasteiger partial charge in [0.25, 0.3) is 23.4 Å². The van der Waals surface area contributed by atoms with Crippen LogP contribution in [0.15, 0.2) is 72.8 Å². The smallest absolute Gasteiger partial charge is 0.289 e. The van der Waals surface area contributed by atoms with Gasteiger partial charge in [-0.3, -0.25) is 19.2 Å². The third-order valence-corrected chi connectivity index (χ3v) is 5.04.